The van der Waals surface area contributed by atoms with Crippen molar-refractivity contribution < 1.29 is 35.9 Å². The van der Waals surface area contributed by atoms with Gasteiger partial charge in [0.15, 0.2) is 0 Å². The van der Waals surface area contributed by atoms with Gasteiger partial charge in [-0.2, -0.15) is 28.2 Å². The number of carbonyl (C=O) groups excluding carboxylic acids is 1. The first-order valence-corrected chi connectivity index (χ1v) is 9.99. The second kappa shape index (κ2) is 8.61. The minimum Gasteiger partial charge on any atom is -0.475 e. The molecule has 0 radical (unpaired) electrons. The molecule has 0 saturated carbocycles. The molecular weight excluding hydrogens is 468 g/mol. The molecule has 1 amide bonds. The predicted molar refractivity (Wildman–Crippen MR) is 105 cm³/mol. The summed E-state index contributed by atoms with van der Waals surface area (Å²) in [4.78, 5) is 18.6. The number of likely N-dealkylation sites (tertiary alicyclic amines) is 1. The van der Waals surface area contributed by atoms with Crippen molar-refractivity contribution in [1.29, 1.82) is 0 Å². The molecule has 3 heterocycles. The van der Waals surface area contributed by atoms with Crippen molar-refractivity contribution in [2.24, 2.45) is 0 Å². The number of benzene rings is 1. The van der Waals surface area contributed by atoms with E-state index in [0.717, 1.165) is 15.8 Å². The van der Waals surface area contributed by atoms with Crippen LogP contribution >= 0.6 is 0 Å². The third kappa shape index (κ3) is 4.41. The van der Waals surface area contributed by atoms with Gasteiger partial charge in [-0.15, -0.1) is 0 Å². The van der Waals surface area contributed by atoms with E-state index in [-0.39, 0.29) is 23.7 Å². The van der Waals surface area contributed by atoms with Crippen LogP contribution in [0.15, 0.2) is 42.9 Å². The van der Waals surface area contributed by atoms with Crippen LogP contribution in [0.4, 0.5) is 26.3 Å². The number of hydrogen-bond donors (Lipinski definition) is 0. The number of aryl methyl sites for hydroxylation is 1. The first-order chi connectivity index (χ1) is 16.0. The Morgan fingerprint density at radius 3 is 2.50 bits per heavy atom. The molecule has 1 aliphatic rings. The molecule has 7 nitrogen and oxygen atoms in total. The summed E-state index contributed by atoms with van der Waals surface area (Å²) in [6.07, 6.45) is -2.19. The molecule has 0 unspecified atom stereocenters. The quantitative estimate of drug-likeness (QED) is 0.510. The zero-order valence-electron chi connectivity index (χ0n) is 17.6. The van der Waals surface area contributed by atoms with E-state index in [4.69, 9.17) is 4.74 Å². The van der Waals surface area contributed by atoms with Gasteiger partial charge in [0, 0.05) is 25.2 Å². The largest absolute Gasteiger partial charge is 0.475 e. The standard InChI is InChI=1S/C21H17F6N5O2/c1-12-2-4-14(32-29-7-8-30-32)17(18(12)22)19(33)31-9-6-20(23,24)15(31)11-34-16-5-3-13(10-28-16)21(25,26)27/h2-5,7-8,10,15H,6,9,11H2,1H3/t15-/m1/s1. The third-order valence-electron chi connectivity index (χ3n) is 5.42. The first-order valence-electron chi connectivity index (χ1n) is 9.99. The van der Waals surface area contributed by atoms with E-state index in [0.29, 0.717) is 12.3 Å². The number of pyridine rings is 1. The van der Waals surface area contributed by atoms with E-state index in [2.05, 4.69) is 15.2 Å². The fourth-order valence-corrected chi connectivity index (χ4v) is 3.60. The maximum Gasteiger partial charge on any atom is 0.417 e. The Balaban J connectivity index is 1.61. The van der Waals surface area contributed by atoms with Gasteiger partial charge in [0.25, 0.3) is 11.8 Å². The van der Waals surface area contributed by atoms with Crippen LogP contribution in [0.1, 0.15) is 27.9 Å². The summed E-state index contributed by atoms with van der Waals surface area (Å²) in [7, 11) is 0. The van der Waals surface area contributed by atoms with E-state index >= 15 is 4.39 Å². The maximum absolute atomic E-state index is 15.0. The summed E-state index contributed by atoms with van der Waals surface area (Å²) in [5.41, 5.74) is -1.42. The van der Waals surface area contributed by atoms with Gasteiger partial charge in [0.1, 0.15) is 29.7 Å². The molecule has 34 heavy (non-hydrogen) atoms. The lowest BCUT2D eigenvalue weighted by atomic mass is 10.1. The highest BCUT2D eigenvalue weighted by atomic mass is 19.4. The molecule has 0 spiro atoms. The summed E-state index contributed by atoms with van der Waals surface area (Å²) < 4.78 is 87.6. The van der Waals surface area contributed by atoms with Crippen LogP contribution in [0.2, 0.25) is 0 Å². The molecule has 0 bridgehead atoms. The molecule has 1 atom stereocenters. The van der Waals surface area contributed by atoms with Gasteiger partial charge < -0.3 is 9.64 Å². The fourth-order valence-electron chi connectivity index (χ4n) is 3.60. The highest BCUT2D eigenvalue weighted by Gasteiger charge is 2.52. The normalized spacial score (nSPS) is 17.7. The van der Waals surface area contributed by atoms with Crippen molar-refractivity contribution in [2.75, 3.05) is 13.2 Å². The van der Waals surface area contributed by atoms with Crippen molar-refractivity contribution in [3.8, 4) is 11.6 Å². The average Bonchev–Trinajstić information content (AvgIpc) is 3.41. The van der Waals surface area contributed by atoms with Gasteiger partial charge in [-0.05, 0) is 24.6 Å². The SMILES string of the molecule is Cc1ccc(-n2nccn2)c(C(=O)N2CCC(F)(F)[C@H]2COc2ccc(C(F)(F)F)cn2)c1F. The molecule has 1 saturated heterocycles. The number of ether oxygens (including phenoxy) is 1. The Labute approximate surface area is 189 Å². The topological polar surface area (TPSA) is 73.1 Å². The Hall–Kier alpha value is -3.64. The van der Waals surface area contributed by atoms with Gasteiger partial charge in [0.2, 0.25) is 5.88 Å². The van der Waals surface area contributed by atoms with Gasteiger partial charge in [-0.25, -0.2) is 18.2 Å². The Morgan fingerprint density at radius 1 is 1.18 bits per heavy atom. The zero-order valence-corrected chi connectivity index (χ0v) is 17.6. The minimum atomic E-state index is -4.62. The maximum atomic E-state index is 15.0. The fraction of sp³-hybridized carbons (Fsp3) is 0.333. The summed E-state index contributed by atoms with van der Waals surface area (Å²) in [5, 5.41) is 7.76. The summed E-state index contributed by atoms with van der Waals surface area (Å²) in [6.45, 7) is 0.265. The summed E-state index contributed by atoms with van der Waals surface area (Å²) in [5.74, 6) is -5.63. The van der Waals surface area contributed by atoms with Crippen LogP contribution in [0.5, 0.6) is 5.88 Å². The number of nitrogens with zero attached hydrogens (tertiary/aromatic N) is 5. The van der Waals surface area contributed by atoms with E-state index in [1.807, 2.05) is 0 Å². The molecule has 13 heteroatoms. The third-order valence-corrected chi connectivity index (χ3v) is 5.42. The van der Waals surface area contributed by atoms with E-state index in [9.17, 15) is 26.7 Å². The van der Waals surface area contributed by atoms with Gasteiger partial charge >= 0.3 is 6.18 Å². The highest BCUT2D eigenvalue weighted by molar-refractivity contribution is 5.98. The van der Waals surface area contributed by atoms with E-state index < -0.39 is 54.0 Å². The van der Waals surface area contributed by atoms with E-state index in [1.165, 1.54) is 31.5 Å². The lowest BCUT2D eigenvalue weighted by Gasteiger charge is -2.28. The van der Waals surface area contributed by atoms with Gasteiger partial charge in [0.05, 0.1) is 18.0 Å². The Morgan fingerprint density at radius 2 is 1.88 bits per heavy atom. The summed E-state index contributed by atoms with van der Waals surface area (Å²) in [6, 6.07) is 2.59. The molecule has 2 aromatic heterocycles. The van der Waals surface area contributed by atoms with Crippen molar-refractivity contribution in [1.82, 2.24) is 24.9 Å². The zero-order chi connectivity index (χ0) is 24.7. The van der Waals surface area contributed by atoms with Gasteiger partial charge in [-0.1, -0.05) is 6.07 Å². The smallest absolute Gasteiger partial charge is 0.417 e. The van der Waals surface area contributed by atoms with Crippen LogP contribution in [0.3, 0.4) is 0 Å². The van der Waals surface area contributed by atoms with Crippen LogP contribution in [-0.4, -0.2) is 55.9 Å². The summed E-state index contributed by atoms with van der Waals surface area (Å²) >= 11 is 0. The van der Waals surface area contributed by atoms with Crippen molar-refractivity contribution in [3.63, 3.8) is 0 Å². The number of aromatic nitrogens is 4. The second-order valence-corrected chi connectivity index (χ2v) is 7.63. The number of halogens is 6. The number of rotatable bonds is 5. The van der Waals surface area contributed by atoms with Crippen molar-refractivity contribution in [2.45, 2.75) is 31.5 Å². The molecule has 0 N–H and O–H groups in total. The number of hydrogen-bond acceptors (Lipinski definition) is 5. The van der Waals surface area contributed by atoms with Crippen molar-refractivity contribution in [3.05, 3.63) is 65.4 Å². The van der Waals surface area contributed by atoms with Gasteiger partial charge in [-0.3, -0.25) is 4.79 Å². The monoisotopic (exact) mass is 485 g/mol. The predicted octanol–water partition coefficient (Wildman–Crippen LogP) is 4.06. The molecule has 4 rings (SSSR count). The average molecular weight is 485 g/mol. The molecule has 3 aromatic rings. The molecule has 0 aliphatic carbocycles. The number of carbonyl (C=O) groups is 1. The van der Waals surface area contributed by atoms with Crippen molar-refractivity contribution >= 4 is 5.91 Å². The number of alkyl halides is 5. The molecule has 1 aromatic carbocycles. The van der Waals surface area contributed by atoms with Crippen LogP contribution in [0.25, 0.3) is 5.69 Å². The first kappa shape index (κ1) is 23.5. The molecular formula is C21H17F6N5O2. The lowest BCUT2D eigenvalue weighted by molar-refractivity contribution is -0.137. The minimum absolute atomic E-state index is 0.0302. The van der Waals surface area contributed by atoms with Crippen LogP contribution in [0, 0.1) is 12.7 Å². The molecule has 1 fully saturated rings. The Bertz CT molecular complexity index is 1180. The molecule has 1 aliphatic heterocycles. The molecule has 180 valence electrons. The van der Waals surface area contributed by atoms with E-state index in [1.54, 1.807) is 0 Å². The Kier molecular flexibility index (Phi) is 5.96. The van der Waals surface area contributed by atoms with Crippen LogP contribution < -0.4 is 4.74 Å². The highest BCUT2D eigenvalue weighted by Crippen LogP contribution is 2.36. The van der Waals surface area contributed by atoms with Crippen LogP contribution in [-0.2, 0) is 6.18 Å². The number of amides is 1. The lowest BCUT2D eigenvalue weighted by Crippen LogP contribution is -2.46. The second-order valence-electron chi connectivity index (χ2n) is 7.63.